The molecule has 0 atom stereocenters. The highest BCUT2D eigenvalue weighted by Crippen LogP contribution is 2.17. The van der Waals surface area contributed by atoms with Gasteiger partial charge < -0.3 is 5.73 Å². The first-order valence-corrected chi connectivity index (χ1v) is 2.80. The van der Waals surface area contributed by atoms with Gasteiger partial charge in [0.1, 0.15) is 5.69 Å². The fourth-order valence-corrected chi connectivity index (χ4v) is 0.696. The molecule has 5 N–H and O–H groups in total. The van der Waals surface area contributed by atoms with E-state index in [1.54, 1.807) is 24.3 Å². The quantitative estimate of drug-likeness (QED) is 0.298. The zero-order valence-electron chi connectivity index (χ0n) is 5.36. The molecule has 1 aromatic carbocycles. The normalized spacial score (nSPS) is 9.40. The molecule has 0 fully saturated rings. The van der Waals surface area contributed by atoms with Gasteiger partial charge in [0.25, 0.3) is 0 Å². The van der Waals surface area contributed by atoms with Crippen LogP contribution in [0.15, 0.2) is 24.3 Å². The van der Waals surface area contributed by atoms with Gasteiger partial charge in [0.05, 0.1) is 5.69 Å². The van der Waals surface area contributed by atoms with Crippen molar-refractivity contribution >= 4 is 11.4 Å². The number of nitrogens with zero attached hydrogens (tertiary/aromatic N) is 1. The van der Waals surface area contributed by atoms with Crippen LogP contribution in [-0.2, 0) is 0 Å². The Kier molecular flexibility index (Phi) is 1.75. The third kappa shape index (κ3) is 1.18. The average Bonchev–Trinajstić information content (AvgIpc) is 1.88. The number of hydrogen-bond acceptors (Lipinski definition) is 4. The summed E-state index contributed by atoms with van der Waals surface area (Å²) in [5, 5.41) is 9.23. The number of anilines is 2. The molecule has 0 amide bonds. The van der Waals surface area contributed by atoms with Gasteiger partial charge in [0, 0.05) is 0 Å². The maximum atomic E-state index is 8.74. The van der Waals surface area contributed by atoms with Crippen molar-refractivity contribution in [1.82, 2.24) is 0 Å². The second-order valence-corrected chi connectivity index (χ2v) is 1.90. The zero-order valence-corrected chi connectivity index (χ0v) is 5.36. The number of hydrogen-bond donors (Lipinski definition) is 3. The first-order chi connectivity index (χ1) is 4.72. The molecule has 0 unspecified atom stereocenters. The summed E-state index contributed by atoms with van der Waals surface area (Å²) in [7, 11) is 0. The lowest BCUT2D eigenvalue weighted by molar-refractivity contribution is 0.258. The van der Waals surface area contributed by atoms with Gasteiger partial charge in [-0.1, -0.05) is 12.1 Å². The zero-order chi connectivity index (χ0) is 7.56. The molecule has 0 aliphatic rings. The van der Waals surface area contributed by atoms with Gasteiger partial charge in [-0.25, -0.2) is 5.84 Å². The molecule has 10 heavy (non-hydrogen) atoms. The topological polar surface area (TPSA) is 75.5 Å². The Morgan fingerprint density at radius 2 is 1.90 bits per heavy atom. The van der Waals surface area contributed by atoms with E-state index in [1.165, 1.54) is 0 Å². The Morgan fingerprint density at radius 1 is 1.30 bits per heavy atom. The second kappa shape index (κ2) is 2.55. The Labute approximate surface area is 58.6 Å². The summed E-state index contributed by atoms with van der Waals surface area (Å²) in [6.07, 6.45) is 0. The summed E-state index contributed by atoms with van der Waals surface area (Å²) < 4.78 is 0. The van der Waals surface area contributed by atoms with Crippen molar-refractivity contribution in [3.63, 3.8) is 0 Å². The highest BCUT2D eigenvalue weighted by Gasteiger charge is 1.99. The van der Waals surface area contributed by atoms with Gasteiger partial charge in [-0.15, -0.1) is 0 Å². The molecule has 0 aliphatic carbocycles. The summed E-state index contributed by atoms with van der Waals surface area (Å²) in [5.74, 6) is 5.02. The van der Waals surface area contributed by atoms with Crippen molar-refractivity contribution in [1.29, 1.82) is 0 Å². The number of para-hydroxylation sites is 2. The van der Waals surface area contributed by atoms with Crippen molar-refractivity contribution in [2.24, 2.45) is 5.84 Å². The second-order valence-electron chi connectivity index (χ2n) is 1.90. The SMILES string of the molecule is Nc1ccccc1N(N)O. The molecule has 0 radical (unpaired) electrons. The van der Waals surface area contributed by atoms with Crippen LogP contribution in [0.2, 0.25) is 0 Å². The van der Waals surface area contributed by atoms with E-state index in [1.807, 2.05) is 0 Å². The Morgan fingerprint density at radius 3 is 2.30 bits per heavy atom. The predicted octanol–water partition coefficient (Wildman–Crippen LogP) is 0.338. The van der Waals surface area contributed by atoms with E-state index < -0.39 is 0 Å². The minimum atomic E-state index is 0.405. The third-order valence-electron chi connectivity index (χ3n) is 1.18. The molecule has 1 rings (SSSR count). The van der Waals surface area contributed by atoms with Crippen molar-refractivity contribution in [2.75, 3.05) is 10.9 Å². The van der Waals surface area contributed by atoms with Crippen LogP contribution in [0.3, 0.4) is 0 Å². The summed E-state index contributed by atoms with van der Waals surface area (Å²) in [6, 6.07) is 6.78. The van der Waals surface area contributed by atoms with Crippen LogP contribution in [0.5, 0.6) is 0 Å². The van der Waals surface area contributed by atoms with Crippen LogP contribution >= 0.6 is 0 Å². The van der Waals surface area contributed by atoms with E-state index in [2.05, 4.69) is 0 Å². The highest BCUT2D eigenvalue weighted by molar-refractivity contribution is 5.64. The van der Waals surface area contributed by atoms with E-state index >= 15 is 0 Å². The van der Waals surface area contributed by atoms with Crippen LogP contribution in [0.25, 0.3) is 0 Å². The molecule has 0 aromatic heterocycles. The van der Waals surface area contributed by atoms with Gasteiger partial charge in [0.2, 0.25) is 0 Å². The van der Waals surface area contributed by atoms with Gasteiger partial charge >= 0.3 is 0 Å². The molecule has 0 heterocycles. The van der Waals surface area contributed by atoms with Crippen molar-refractivity contribution < 1.29 is 5.21 Å². The molecule has 4 nitrogen and oxygen atoms in total. The first-order valence-electron chi connectivity index (χ1n) is 2.80. The monoisotopic (exact) mass is 139 g/mol. The van der Waals surface area contributed by atoms with Gasteiger partial charge in [-0.05, 0) is 12.1 Å². The molecule has 1 aromatic rings. The standard InChI is InChI=1S/C6H9N3O/c7-5-3-1-2-4-6(5)9(8)10/h1-4,10H,7-8H2. The van der Waals surface area contributed by atoms with Crippen LogP contribution < -0.4 is 16.7 Å². The van der Waals surface area contributed by atoms with Crippen molar-refractivity contribution in [3.8, 4) is 0 Å². The number of benzene rings is 1. The summed E-state index contributed by atoms with van der Waals surface area (Å²) in [5.41, 5.74) is 6.30. The Hall–Kier alpha value is -1.26. The lowest BCUT2D eigenvalue weighted by Crippen LogP contribution is -2.26. The highest BCUT2D eigenvalue weighted by atomic mass is 16.5. The fourth-order valence-electron chi connectivity index (χ4n) is 0.696. The largest absolute Gasteiger partial charge is 0.397 e. The molecule has 0 saturated heterocycles. The minimum Gasteiger partial charge on any atom is -0.397 e. The van der Waals surface area contributed by atoms with Crippen LogP contribution in [0.4, 0.5) is 11.4 Å². The van der Waals surface area contributed by atoms with Crippen LogP contribution in [0.1, 0.15) is 0 Å². The van der Waals surface area contributed by atoms with Crippen molar-refractivity contribution in [2.45, 2.75) is 0 Å². The smallest absolute Gasteiger partial charge is 0.105 e. The summed E-state index contributed by atoms with van der Waals surface area (Å²) in [6.45, 7) is 0. The molecule has 0 saturated carbocycles. The average molecular weight is 139 g/mol. The van der Waals surface area contributed by atoms with E-state index in [0.29, 0.717) is 16.5 Å². The van der Waals surface area contributed by atoms with Crippen molar-refractivity contribution in [3.05, 3.63) is 24.3 Å². The molecule has 0 spiro atoms. The number of nitrogen functional groups attached to an aromatic ring is 1. The number of rotatable bonds is 1. The maximum absolute atomic E-state index is 8.74. The van der Waals surface area contributed by atoms with E-state index in [9.17, 15) is 0 Å². The molecule has 0 aliphatic heterocycles. The van der Waals surface area contributed by atoms with Gasteiger partial charge in [0.15, 0.2) is 0 Å². The lowest BCUT2D eigenvalue weighted by atomic mass is 10.3. The van der Waals surface area contributed by atoms with E-state index in [0.717, 1.165) is 0 Å². The summed E-state index contributed by atoms with van der Waals surface area (Å²) in [4.78, 5) is 0. The molecule has 4 heteroatoms. The lowest BCUT2D eigenvalue weighted by Gasteiger charge is -2.10. The van der Waals surface area contributed by atoms with E-state index in [4.69, 9.17) is 16.8 Å². The van der Waals surface area contributed by atoms with E-state index in [-0.39, 0.29) is 0 Å². The maximum Gasteiger partial charge on any atom is 0.105 e. The van der Waals surface area contributed by atoms with Crippen LogP contribution in [-0.4, -0.2) is 5.21 Å². The molecular formula is C6H9N3O. The molecule has 0 bridgehead atoms. The molecular weight excluding hydrogens is 130 g/mol. The number of nitrogens with two attached hydrogens (primary N) is 2. The van der Waals surface area contributed by atoms with Gasteiger partial charge in [-0.3, -0.25) is 5.21 Å². The fraction of sp³-hybridized carbons (Fsp3) is 0. The third-order valence-corrected chi connectivity index (χ3v) is 1.18. The predicted molar refractivity (Wildman–Crippen MR) is 39.3 cm³/mol. The Balaban J connectivity index is 3.03. The van der Waals surface area contributed by atoms with Gasteiger partial charge in [-0.2, -0.15) is 5.17 Å². The minimum absolute atomic E-state index is 0.405. The number of hydrazine groups is 1. The van der Waals surface area contributed by atoms with Crippen LogP contribution in [0, 0.1) is 0 Å². The summed E-state index contributed by atoms with van der Waals surface area (Å²) >= 11 is 0. The first kappa shape index (κ1) is 6.85. The Bertz CT molecular complexity index is 224. The molecule has 54 valence electrons.